The van der Waals surface area contributed by atoms with Crippen molar-refractivity contribution in [2.45, 2.75) is 0 Å². The fraction of sp³-hybridized carbons (Fsp3) is 0. The first-order valence-corrected chi connectivity index (χ1v) is 4.65. The normalized spacial score (nSPS) is 10.2. The molecule has 0 unspecified atom stereocenters. The van der Waals surface area contributed by atoms with Gasteiger partial charge in [0.05, 0.1) is 16.3 Å². The highest BCUT2D eigenvalue weighted by Gasteiger charge is 2.07. The Bertz CT molecular complexity index is 493. The standard InChI is InChI=1S/C10H8ClN3O/c11-9-6-7(14-5-1-4-13-14)2-3-8(9)10(12)15/h1-6H,(H2,12,15). The molecule has 2 N–H and O–H groups in total. The summed E-state index contributed by atoms with van der Waals surface area (Å²) in [6, 6.07) is 6.77. The minimum Gasteiger partial charge on any atom is -0.366 e. The van der Waals surface area contributed by atoms with Gasteiger partial charge in [-0.25, -0.2) is 4.68 Å². The predicted octanol–water partition coefficient (Wildman–Crippen LogP) is 1.62. The predicted molar refractivity (Wildman–Crippen MR) is 57.1 cm³/mol. The van der Waals surface area contributed by atoms with Crippen molar-refractivity contribution in [3.05, 3.63) is 47.2 Å². The Morgan fingerprint density at radius 3 is 2.80 bits per heavy atom. The minimum atomic E-state index is -0.535. The van der Waals surface area contributed by atoms with Crippen LogP contribution in [-0.4, -0.2) is 15.7 Å². The second kappa shape index (κ2) is 3.74. The molecule has 0 spiro atoms. The summed E-state index contributed by atoms with van der Waals surface area (Å²) < 4.78 is 1.65. The molecule has 0 saturated carbocycles. The van der Waals surface area contributed by atoms with E-state index in [4.69, 9.17) is 17.3 Å². The van der Waals surface area contributed by atoms with Gasteiger partial charge in [-0.15, -0.1) is 0 Å². The molecule has 15 heavy (non-hydrogen) atoms. The lowest BCUT2D eigenvalue weighted by molar-refractivity contribution is 0.100. The molecule has 0 aliphatic heterocycles. The smallest absolute Gasteiger partial charge is 0.250 e. The molecule has 0 radical (unpaired) electrons. The highest BCUT2D eigenvalue weighted by atomic mass is 35.5. The Morgan fingerprint density at radius 2 is 2.27 bits per heavy atom. The Hall–Kier alpha value is -1.81. The van der Waals surface area contributed by atoms with Crippen LogP contribution in [0.5, 0.6) is 0 Å². The first kappa shape index (κ1) is 9.73. The Kier molecular flexibility index (Phi) is 2.43. The van der Waals surface area contributed by atoms with Gasteiger partial charge in [0, 0.05) is 12.4 Å². The molecule has 0 saturated heterocycles. The maximum atomic E-state index is 10.9. The first-order chi connectivity index (χ1) is 7.18. The van der Waals surface area contributed by atoms with E-state index in [-0.39, 0.29) is 0 Å². The number of benzene rings is 1. The van der Waals surface area contributed by atoms with Crippen molar-refractivity contribution in [2.24, 2.45) is 5.73 Å². The third-order valence-corrected chi connectivity index (χ3v) is 2.30. The summed E-state index contributed by atoms with van der Waals surface area (Å²) in [5.41, 5.74) is 6.24. The van der Waals surface area contributed by atoms with Crippen molar-refractivity contribution in [1.82, 2.24) is 9.78 Å². The number of rotatable bonds is 2. The van der Waals surface area contributed by atoms with E-state index in [1.165, 1.54) is 0 Å². The maximum absolute atomic E-state index is 10.9. The average molecular weight is 222 g/mol. The SMILES string of the molecule is NC(=O)c1ccc(-n2cccn2)cc1Cl. The number of primary amides is 1. The molecule has 0 fully saturated rings. The summed E-state index contributed by atoms with van der Waals surface area (Å²) in [5.74, 6) is -0.535. The number of hydrogen-bond acceptors (Lipinski definition) is 2. The van der Waals surface area contributed by atoms with E-state index in [1.807, 2.05) is 0 Å². The molecule has 1 aromatic carbocycles. The largest absolute Gasteiger partial charge is 0.366 e. The van der Waals surface area contributed by atoms with E-state index in [1.54, 1.807) is 41.3 Å². The number of amides is 1. The van der Waals surface area contributed by atoms with Gasteiger partial charge in [-0.2, -0.15) is 5.10 Å². The van der Waals surface area contributed by atoms with E-state index in [0.29, 0.717) is 10.6 Å². The monoisotopic (exact) mass is 221 g/mol. The molecule has 1 amide bonds. The molecule has 0 atom stereocenters. The molecule has 2 aromatic rings. The second-order valence-corrected chi connectivity index (χ2v) is 3.39. The molecule has 2 rings (SSSR count). The van der Waals surface area contributed by atoms with Gasteiger partial charge < -0.3 is 5.73 Å². The zero-order chi connectivity index (χ0) is 10.8. The van der Waals surface area contributed by atoms with Crippen LogP contribution in [0, 0.1) is 0 Å². The van der Waals surface area contributed by atoms with Gasteiger partial charge in [0.2, 0.25) is 5.91 Å². The van der Waals surface area contributed by atoms with Crippen LogP contribution in [0.3, 0.4) is 0 Å². The topological polar surface area (TPSA) is 60.9 Å². The third-order valence-electron chi connectivity index (χ3n) is 1.99. The molecule has 0 bridgehead atoms. The van der Waals surface area contributed by atoms with E-state index in [9.17, 15) is 4.79 Å². The van der Waals surface area contributed by atoms with Crippen LogP contribution in [-0.2, 0) is 0 Å². The first-order valence-electron chi connectivity index (χ1n) is 4.28. The Morgan fingerprint density at radius 1 is 1.47 bits per heavy atom. The van der Waals surface area contributed by atoms with E-state index in [2.05, 4.69) is 5.10 Å². The van der Waals surface area contributed by atoms with Crippen LogP contribution in [0.1, 0.15) is 10.4 Å². The zero-order valence-corrected chi connectivity index (χ0v) is 8.48. The lowest BCUT2D eigenvalue weighted by atomic mass is 10.2. The minimum absolute atomic E-state index is 0.313. The maximum Gasteiger partial charge on any atom is 0.250 e. The fourth-order valence-electron chi connectivity index (χ4n) is 1.27. The molecule has 1 aromatic heterocycles. The van der Waals surface area contributed by atoms with Crippen LogP contribution in [0.15, 0.2) is 36.7 Å². The Balaban J connectivity index is 2.47. The molecular formula is C10H8ClN3O. The van der Waals surface area contributed by atoms with E-state index in [0.717, 1.165) is 5.69 Å². The van der Waals surface area contributed by atoms with Crippen molar-refractivity contribution < 1.29 is 4.79 Å². The van der Waals surface area contributed by atoms with Crippen molar-refractivity contribution in [1.29, 1.82) is 0 Å². The van der Waals surface area contributed by atoms with E-state index < -0.39 is 5.91 Å². The molecule has 4 nitrogen and oxygen atoms in total. The summed E-state index contributed by atoms with van der Waals surface area (Å²) in [5, 5.41) is 4.37. The van der Waals surface area contributed by atoms with Crippen LogP contribution in [0.2, 0.25) is 5.02 Å². The number of nitrogens with zero attached hydrogens (tertiary/aromatic N) is 2. The number of aromatic nitrogens is 2. The summed E-state index contributed by atoms with van der Waals surface area (Å²) >= 11 is 5.90. The van der Waals surface area contributed by atoms with E-state index >= 15 is 0 Å². The summed E-state index contributed by atoms with van der Waals surface area (Å²) in [7, 11) is 0. The average Bonchev–Trinajstić information content (AvgIpc) is 2.69. The molecule has 0 aliphatic rings. The van der Waals surface area contributed by atoms with Crippen molar-refractivity contribution in [3.63, 3.8) is 0 Å². The number of halogens is 1. The molecular weight excluding hydrogens is 214 g/mol. The van der Waals surface area contributed by atoms with Gasteiger partial charge in [0.1, 0.15) is 0 Å². The lowest BCUT2D eigenvalue weighted by Crippen LogP contribution is -2.11. The fourth-order valence-corrected chi connectivity index (χ4v) is 1.54. The number of nitrogens with two attached hydrogens (primary N) is 1. The molecule has 0 aliphatic carbocycles. The summed E-state index contributed by atoms with van der Waals surface area (Å²) in [6.45, 7) is 0. The van der Waals surface area contributed by atoms with Gasteiger partial charge in [0.25, 0.3) is 0 Å². The van der Waals surface area contributed by atoms with Crippen LogP contribution in [0.25, 0.3) is 5.69 Å². The van der Waals surface area contributed by atoms with Gasteiger partial charge in [-0.3, -0.25) is 4.79 Å². The quantitative estimate of drug-likeness (QED) is 0.838. The van der Waals surface area contributed by atoms with Gasteiger partial charge in [0.15, 0.2) is 0 Å². The van der Waals surface area contributed by atoms with Gasteiger partial charge in [-0.1, -0.05) is 11.6 Å². The Labute approximate surface area is 91.3 Å². The molecule has 5 heteroatoms. The van der Waals surface area contributed by atoms with Crippen LogP contribution >= 0.6 is 11.6 Å². The van der Waals surface area contributed by atoms with Gasteiger partial charge in [-0.05, 0) is 24.3 Å². The van der Waals surface area contributed by atoms with Crippen LogP contribution < -0.4 is 5.73 Å². The molecule has 1 heterocycles. The highest BCUT2D eigenvalue weighted by molar-refractivity contribution is 6.33. The number of hydrogen-bond donors (Lipinski definition) is 1. The van der Waals surface area contributed by atoms with Crippen molar-refractivity contribution in [2.75, 3.05) is 0 Å². The number of carbonyl (C=O) groups is 1. The van der Waals surface area contributed by atoms with Crippen molar-refractivity contribution >= 4 is 17.5 Å². The number of carbonyl (C=O) groups excluding carboxylic acids is 1. The van der Waals surface area contributed by atoms with Gasteiger partial charge >= 0.3 is 0 Å². The zero-order valence-electron chi connectivity index (χ0n) is 7.72. The summed E-state index contributed by atoms with van der Waals surface area (Å²) in [6.07, 6.45) is 3.45. The van der Waals surface area contributed by atoms with Crippen molar-refractivity contribution in [3.8, 4) is 5.69 Å². The molecule has 76 valence electrons. The highest BCUT2D eigenvalue weighted by Crippen LogP contribution is 2.19. The summed E-state index contributed by atoms with van der Waals surface area (Å²) in [4.78, 5) is 10.9. The lowest BCUT2D eigenvalue weighted by Gasteiger charge is -2.04. The second-order valence-electron chi connectivity index (χ2n) is 2.98. The van der Waals surface area contributed by atoms with Crippen LogP contribution in [0.4, 0.5) is 0 Å². The third kappa shape index (κ3) is 1.85.